The number of sulfone groups is 1. The molecule has 0 unspecified atom stereocenters. The van der Waals surface area contributed by atoms with E-state index in [1.165, 1.54) is 18.9 Å². The fraction of sp³-hybridized carbons (Fsp3) is 0.750. The maximum Gasteiger partial charge on any atom is 0.360 e. The summed E-state index contributed by atoms with van der Waals surface area (Å²) in [5.74, 6) is -0.732. The molecule has 0 aromatic carbocycles. The minimum atomic E-state index is -3.29. The van der Waals surface area contributed by atoms with E-state index in [0.29, 0.717) is 5.69 Å². The maximum absolute atomic E-state index is 12.1. The largest absolute Gasteiger partial charge is 0.464 e. The highest BCUT2D eigenvalue weighted by Gasteiger charge is 2.29. The molecule has 1 aromatic rings. The van der Waals surface area contributed by atoms with Gasteiger partial charge in [-0.05, 0) is 20.8 Å². The lowest BCUT2D eigenvalue weighted by molar-refractivity contribution is 0.0588. The Labute approximate surface area is 124 Å². The van der Waals surface area contributed by atoms with E-state index in [2.05, 4.69) is 15.0 Å². The van der Waals surface area contributed by atoms with E-state index in [-0.39, 0.29) is 24.6 Å². The topological polar surface area (TPSA) is 100 Å². The molecular weight excluding hydrogens is 298 g/mol. The van der Waals surface area contributed by atoms with E-state index >= 15 is 0 Å². The molecule has 0 spiro atoms. The van der Waals surface area contributed by atoms with Gasteiger partial charge in [0.1, 0.15) is 0 Å². The Morgan fingerprint density at radius 1 is 1.29 bits per heavy atom. The maximum atomic E-state index is 12.1. The molecule has 0 saturated carbocycles. The molecule has 1 rings (SSSR count). The highest BCUT2D eigenvalue weighted by molar-refractivity contribution is 7.92. The van der Waals surface area contributed by atoms with Crippen LogP contribution in [0, 0.1) is 0 Å². The van der Waals surface area contributed by atoms with Gasteiger partial charge in [-0.2, -0.15) is 0 Å². The van der Waals surface area contributed by atoms with Crippen LogP contribution in [-0.2, 0) is 32.5 Å². The fourth-order valence-electron chi connectivity index (χ4n) is 1.56. The molecule has 0 aliphatic carbocycles. The summed E-state index contributed by atoms with van der Waals surface area (Å²) in [6, 6.07) is 0. The molecule has 0 radical (unpaired) electrons. The van der Waals surface area contributed by atoms with Gasteiger partial charge in [0.05, 0.1) is 36.5 Å². The molecule has 120 valence electrons. The summed E-state index contributed by atoms with van der Waals surface area (Å²) in [5, 5.41) is 7.54. The van der Waals surface area contributed by atoms with Crippen molar-refractivity contribution in [3.63, 3.8) is 0 Å². The smallest absolute Gasteiger partial charge is 0.360 e. The number of carbonyl (C=O) groups excluding carboxylic acids is 1. The van der Waals surface area contributed by atoms with Gasteiger partial charge in [-0.25, -0.2) is 17.9 Å². The van der Waals surface area contributed by atoms with Crippen LogP contribution in [0.3, 0.4) is 0 Å². The zero-order valence-electron chi connectivity index (χ0n) is 12.9. The second kappa shape index (κ2) is 6.52. The van der Waals surface area contributed by atoms with Crippen molar-refractivity contribution < 1.29 is 22.7 Å². The van der Waals surface area contributed by atoms with Gasteiger partial charge < -0.3 is 9.47 Å². The Morgan fingerprint density at radius 3 is 2.38 bits per heavy atom. The summed E-state index contributed by atoms with van der Waals surface area (Å²) in [6.45, 7) is 5.11. The molecule has 1 heterocycles. The summed E-state index contributed by atoms with van der Waals surface area (Å²) >= 11 is 0. The standard InChI is InChI=1S/C12H21N3O5S/c1-12(2,3)21(17,18)7-6-15-9(8-19-4)10(13-14-15)11(16)20-5/h6-8H2,1-5H3. The summed E-state index contributed by atoms with van der Waals surface area (Å²) in [5.41, 5.74) is 0.431. The second-order valence-electron chi connectivity index (χ2n) is 5.46. The molecule has 0 bridgehead atoms. The lowest BCUT2D eigenvalue weighted by Crippen LogP contribution is -2.32. The number of ether oxygens (including phenoxy) is 2. The second-order valence-corrected chi connectivity index (χ2v) is 8.33. The Bertz CT molecular complexity index is 601. The van der Waals surface area contributed by atoms with Crippen LogP contribution in [0.4, 0.5) is 0 Å². The van der Waals surface area contributed by atoms with Gasteiger partial charge in [-0.1, -0.05) is 5.21 Å². The Kier molecular flexibility index (Phi) is 5.46. The van der Waals surface area contributed by atoms with Crippen molar-refractivity contribution in [1.82, 2.24) is 15.0 Å². The molecule has 1 aromatic heterocycles. The SMILES string of the molecule is COCc1c(C(=O)OC)nnn1CCS(=O)(=O)C(C)(C)C. The van der Waals surface area contributed by atoms with Crippen molar-refractivity contribution in [2.24, 2.45) is 0 Å². The first-order valence-electron chi connectivity index (χ1n) is 6.36. The molecule has 0 N–H and O–H groups in total. The molecule has 0 fully saturated rings. The predicted molar refractivity (Wildman–Crippen MR) is 75.6 cm³/mol. The third-order valence-electron chi connectivity index (χ3n) is 3.00. The number of aryl methyl sites for hydroxylation is 1. The van der Waals surface area contributed by atoms with Gasteiger partial charge in [-0.15, -0.1) is 5.10 Å². The molecule has 0 aliphatic rings. The number of nitrogens with zero attached hydrogens (tertiary/aromatic N) is 3. The molecule has 0 saturated heterocycles. The van der Waals surface area contributed by atoms with Crippen molar-refractivity contribution in [3.8, 4) is 0 Å². The third kappa shape index (κ3) is 4.01. The molecular formula is C12H21N3O5S. The van der Waals surface area contributed by atoms with Crippen LogP contribution in [0.1, 0.15) is 37.0 Å². The molecule has 8 nitrogen and oxygen atoms in total. The van der Waals surface area contributed by atoms with E-state index in [1.54, 1.807) is 20.8 Å². The van der Waals surface area contributed by atoms with Crippen molar-refractivity contribution in [2.75, 3.05) is 20.0 Å². The highest BCUT2D eigenvalue weighted by Crippen LogP contribution is 2.17. The van der Waals surface area contributed by atoms with Crippen LogP contribution >= 0.6 is 0 Å². The molecule has 0 amide bonds. The minimum Gasteiger partial charge on any atom is -0.464 e. The van der Waals surface area contributed by atoms with Gasteiger partial charge in [0.2, 0.25) is 0 Å². The van der Waals surface area contributed by atoms with Crippen LogP contribution in [0.2, 0.25) is 0 Å². The summed E-state index contributed by atoms with van der Waals surface area (Å²) < 4.78 is 34.3. The zero-order chi connectivity index (χ0) is 16.3. The lowest BCUT2D eigenvalue weighted by Gasteiger charge is -2.19. The average Bonchev–Trinajstić information content (AvgIpc) is 2.78. The predicted octanol–water partition coefficient (Wildman–Crippen LogP) is 0.424. The monoisotopic (exact) mass is 319 g/mol. The number of rotatable bonds is 6. The van der Waals surface area contributed by atoms with Crippen LogP contribution in [-0.4, -0.2) is 54.1 Å². The van der Waals surface area contributed by atoms with Gasteiger partial charge in [0, 0.05) is 7.11 Å². The van der Waals surface area contributed by atoms with Crippen LogP contribution in [0.15, 0.2) is 0 Å². The van der Waals surface area contributed by atoms with E-state index < -0.39 is 20.6 Å². The lowest BCUT2D eigenvalue weighted by atomic mass is 10.3. The molecule has 0 aliphatic heterocycles. The quantitative estimate of drug-likeness (QED) is 0.701. The van der Waals surface area contributed by atoms with Crippen molar-refractivity contribution in [3.05, 3.63) is 11.4 Å². The first-order valence-corrected chi connectivity index (χ1v) is 8.01. The molecule has 9 heteroatoms. The Morgan fingerprint density at radius 2 is 1.90 bits per heavy atom. The first-order chi connectivity index (χ1) is 9.64. The van der Waals surface area contributed by atoms with Crippen LogP contribution < -0.4 is 0 Å². The highest BCUT2D eigenvalue weighted by atomic mass is 32.2. The van der Waals surface area contributed by atoms with Crippen LogP contribution in [0.25, 0.3) is 0 Å². The van der Waals surface area contributed by atoms with E-state index in [9.17, 15) is 13.2 Å². The number of methoxy groups -OCH3 is 2. The first kappa shape index (κ1) is 17.6. The number of carbonyl (C=O) groups is 1. The number of hydrogen-bond acceptors (Lipinski definition) is 7. The van der Waals surface area contributed by atoms with Gasteiger partial charge in [-0.3, -0.25) is 0 Å². The fourth-order valence-corrected chi connectivity index (χ4v) is 2.59. The zero-order valence-corrected chi connectivity index (χ0v) is 13.7. The Balaban J connectivity index is 3.00. The van der Waals surface area contributed by atoms with E-state index in [4.69, 9.17) is 4.74 Å². The van der Waals surface area contributed by atoms with Crippen molar-refractivity contribution >= 4 is 15.8 Å². The van der Waals surface area contributed by atoms with Crippen molar-refractivity contribution in [1.29, 1.82) is 0 Å². The van der Waals surface area contributed by atoms with E-state index in [0.717, 1.165) is 0 Å². The van der Waals surface area contributed by atoms with Crippen molar-refractivity contribution in [2.45, 2.75) is 38.7 Å². The summed E-state index contributed by atoms with van der Waals surface area (Å²) in [4.78, 5) is 11.6. The average molecular weight is 319 g/mol. The number of aromatic nitrogens is 3. The summed E-state index contributed by atoms with van der Waals surface area (Å²) in [7, 11) is -0.589. The van der Waals surface area contributed by atoms with Crippen LogP contribution in [0.5, 0.6) is 0 Å². The molecule has 21 heavy (non-hydrogen) atoms. The van der Waals surface area contributed by atoms with Gasteiger partial charge in [0.15, 0.2) is 15.5 Å². The number of hydrogen-bond donors (Lipinski definition) is 0. The van der Waals surface area contributed by atoms with Gasteiger partial charge in [0.25, 0.3) is 0 Å². The normalized spacial score (nSPS) is 12.4. The van der Waals surface area contributed by atoms with Gasteiger partial charge >= 0.3 is 5.97 Å². The molecule has 0 atom stereocenters. The third-order valence-corrected chi connectivity index (χ3v) is 5.59. The Hall–Kier alpha value is -1.48. The summed E-state index contributed by atoms with van der Waals surface area (Å²) in [6.07, 6.45) is 0. The number of esters is 1. The minimum absolute atomic E-state index is 0.0347. The van der Waals surface area contributed by atoms with E-state index in [1.807, 2.05) is 0 Å².